The molecule has 174 valence electrons. The van der Waals surface area contributed by atoms with E-state index in [1.807, 2.05) is 39.0 Å². The van der Waals surface area contributed by atoms with Crippen LogP contribution in [0.3, 0.4) is 0 Å². The number of hydrogen-bond acceptors (Lipinski definition) is 4. The van der Waals surface area contributed by atoms with Crippen LogP contribution in [0.25, 0.3) is 0 Å². The van der Waals surface area contributed by atoms with E-state index in [0.717, 1.165) is 30.8 Å². The second-order valence-electron chi connectivity index (χ2n) is 8.98. The van der Waals surface area contributed by atoms with E-state index in [0.29, 0.717) is 6.54 Å². The SMILES string of the molecule is Cc1ccc(S(=O)(=O)N[C@H](C(=O)NCc2ccccc2CN2CCCCC2)C(C)C)cc1. The van der Waals surface area contributed by atoms with Crippen LogP contribution in [0, 0.1) is 12.8 Å². The number of amides is 1. The minimum absolute atomic E-state index is 0.161. The first-order chi connectivity index (χ1) is 15.3. The monoisotopic (exact) mass is 457 g/mol. The maximum Gasteiger partial charge on any atom is 0.241 e. The quantitative estimate of drug-likeness (QED) is 0.603. The van der Waals surface area contributed by atoms with Gasteiger partial charge < -0.3 is 5.32 Å². The van der Waals surface area contributed by atoms with Gasteiger partial charge in [0.15, 0.2) is 0 Å². The van der Waals surface area contributed by atoms with Crippen molar-refractivity contribution in [1.82, 2.24) is 14.9 Å². The van der Waals surface area contributed by atoms with Gasteiger partial charge in [-0.15, -0.1) is 0 Å². The highest BCUT2D eigenvalue weighted by atomic mass is 32.2. The van der Waals surface area contributed by atoms with Gasteiger partial charge >= 0.3 is 0 Å². The number of carbonyl (C=O) groups excluding carboxylic acids is 1. The van der Waals surface area contributed by atoms with Crippen LogP contribution in [-0.2, 0) is 27.9 Å². The Labute approximate surface area is 192 Å². The highest BCUT2D eigenvalue weighted by Crippen LogP contribution is 2.17. The standard InChI is InChI=1S/C25H35N3O3S/c1-19(2)24(27-32(30,31)23-13-11-20(3)12-14-23)25(29)26-17-21-9-5-6-10-22(21)18-28-15-7-4-8-16-28/h5-6,9-14,19,24,27H,4,7-8,15-18H2,1-3H3,(H,26,29)/t24-/m0/s1. The smallest absolute Gasteiger partial charge is 0.241 e. The highest BCUT2D eigenvalue weighted by Gasteiger charge is 2.28. The summed E-state index contributed by atoms with van der Waals surface area (Å²) in [4.78, 5) is 15.6. The molecule has 1 amide bonds. The average Bonchev–Trinajstić information content (AvgIpc) is 2.77. The summed E-state index contributed by atoms with van der Waals surface area (Å²) in [7, 11) is -3.79. The van der Waals surface area contributed by atoms with Gasteiger partial charge in [-0.3, -0.25) is 9.69 Å². The van der Waals surface area contributed by atoms with Crippen molar-refractivity contribution < 1.29 is 13.2 Å². The zero-order valence-corrected chi connectivity index (χ0v) is 20.1. The Balaban J connectivity index is 1.66. The van der Waals surface area contributed by atoms with E-state index in [-0.39, 0.29) is 16.7 Å². The van der Waals surface area contributed by atoms with Gasteiger partial charge in [0.1, 0.15) is 6.04 Å². The Morgan fingerprint density at radius 2 is 1.59 bits per heavy atom. The summed E-state index contributed by atoms with van der Waals surface area (Å²) in [6.45, 7) is 9.04. The largest absolute Gasteiger partial charge is 0.351 e. The van der Waals surface area contributed by atoms with E-state index in [1.54, 1.807) is 24.3 Å². The molecule has 2 aromatic carbocycles. The summed E-state index contributed by atoms with van der Waals surface area (Å²) in [5.74, 6) is -0.512. The van der Waals surface area contributed by atoms with Gasteiger partial charge in [0.05, 0.1) is 4.90 Å². The van der Waals surface area contributed by atoms with Gasteiger partial charge in [0.25, 0.3) is 0 Å². The van der Waals surface area contributed by atoms with Crippen LogP contribution in [0.2, 0.25) is 0 Å². The van der Waals surface area contributed by atoms with Crippen molar-refractivity contribution >= 4 is 15.9 Å². The highest BCUT2D eigenvalue weighted by molar-refractivity contribution is 7.89. The molecular formula is C25H35N3O3S. The molecule has 1 saturated heterocycles. The molecule has 1 aliphatic heterocycles. The van der Waals surface area contributed by atoms with Gasteiger partial charge in [-0.25, -0.2) is 8.42 Å². The number of rotatable bonds is 9. The molecule has 2 aromatic rings. The maximum absolute atomic E-state index is 13.0. The fraction of sp³-hybridized carbons (Fsp3) is 0.480. The van der Waals surface area contributed by atoms with Crippen LogP contribution >= 0.6 is 0 Å². The Bertz CT molecular complexity index is 997. The van der Waals surface area contributed by atoms with Gasteiger partial charge in [-0.05, 0) is 62.0 Å². The molecule has 2 N–H and O–H groups in total. The van der Waals surface area contributed by atoms with Crippen LogP contribution in [-0.4, -0.2) is 38.4 Å². The molecule has 1 aliphatic rings. The van der Waals surface area contributed by atoms with Gasteiger partial charge in [-0.1, -0.05) is 62.2 Å². The summed E-state index contributed by atoms with van der Waals surface area (Å²) in [6, 6.07) is 13.9. The summed E-state index contributed by atoms with van der Waals surface area (Å²) in [5.41, 5.74) is 3.25. The van der Waals surface area contributed by atoms with E-state index in [1.165, 1.54) is 24.8 Å². The number of benzene rings is 2. The van der Waals surface area contributed by atoms with Crippen molar-refractivity contribution in [2.45, 2.75) is 64.1 Å². The van der Waals surface area contributed by atoms with Crippen LogP contribution < -0.4 is 10.0 Å². The fourth-order valence-corrected chi connectivity index (χ4v) is 5.32. The number of nitrogens with one attached hydrogen (secondary N) is 2. The lowest BCUT2D eigenvalue weighted by molar-refractivity contribution is -0.123. The molecule has 7 heteroatoms. The molecule has 0 unspecified atom stereocenters. The van der Waals surface area contributed by atoms with Gasteiger partial charge in [0.2, 0.25) is 15.9 Å². The van der Waals surface area contributed by atoms with Crippen molar-refractivity contribution in [3.63, 3.8) is 0 Å². The molecule has 0 radical (unpaired) electrons. The molecule has 1 atom stereocenters. The minimum Gasteiger partial charge on any atom is -0.351 e. The Hall–Kier alpha value is -2.22. The topological polar surface area (TPSA) is 78.5 Å². The Morgan fingerprint density at radius 3 is 2.22 bits per heavy atom. The predicted molar refractivity (Wildman–Crippen MR) is 128 cm³/mol. The van der Waals surface area contributed by atoms with Crippen LogP contribution in [0.15, 0.2) is 53.4 Å². The van der Waals surface area contributed by atoms with Crippen LogP contribution in [0.5, 0.6) is 0 Å². The number of carbonyl (C=O) groups is 1. The number of aryl methyl sites for hydroxylation is 1. The number of likely N-dealkylation sites (tertiary alicyclic amines) is 1. The van der Waals surface area contributed by atoms with Crippen LogP contribution in [0.4, 0.5) is 0 Å². The van der Waals surface area contributed by atoms with Crippen molar-refractivity contribution in [2.24, 2.45) is 5.92 Å². The molecule has 0 saturated carbocycles. The molecule has 6 nitrogen and oxygen atoms in total. The minimum atomic E-state index is -3.79. The van der Waals surface area contributed by atoms with Gasteiger partial charge in [0, 0.05) is 13.1 Å². The third-order valence-corrected chi connectivity index (χ3v) is 7.43. The second kappa shape index (κ2) is 11.1. The van der Waals surface area contributed by atoms with E-state index >= 15 is 0 Å². The third kappa shape index (κ3) is 6.64. The van der Waals surface area contributed by atoms with Crippen LogP contribution in [0.1, 0.15) is 49.8 Å². The Kier molecular flexibility index (Phi) is 8.45. The summed E-state index contributed by atoms with van der Waals surface area (Å²) < 4.78 is 28.2. The zero-order chi connectivity index (χ0) is 23.1. The first-order valence-corrected chi connectivity index (χ1v) is 12.9. The van der Waals surface area contributed by atoms with Crippen molar-refractivity contribution in [2.75, 3.05) is 13.1 Å². The van der Waals surface area contributed by atoms with E-state index in [2.05, 4.69) is 21.0 Å². The molecule has 3 rings (SSSR count). The molecular weight excluding hydrogens is 422 g/mol. The summed E-state index contributed by atoms with van der Waals surface area (Å²) in [6.07, 6.45) is 3.76. The Morgan fingerprint density at radius 1 is 0.969 bits per heavy atom. The maximum atomic E-state index is 13.0. The molecule has 0 spiro atoms. The van der Waals surface area contributed by atoms with E-state index < -0.39 is 16.1 Å². The molecule has 0 aromatic heterocycles. The molecule has 0 bridgehead atoms. The van der Waals surface area contributed by atoms with E-state index in [9.17, 15) is 13.2 Å². The molecule has 1 heterocycles. The van der Waals surface area contributed by atoms with Crippen molar-refractivity contribution in [3.8, 4) is 0 Å². The van der Waals surface area contributed by atoms with Gasteiger partial charge in [-0.2, -0.15) is 4.72 Å². The lowest BCUT2D eigenvalue weighted by atomic mass is 10.0. The number of sulfonamides is 1. The molecule has 1 fully saturated rings. The number of hydrogen-bond donors (Lipinski definition) is 2. The zero-order valence-electron chi connectivity index (χ0n) is 19.3. The fourth-order valence-electron chi connectivity index (χ4n) is 3.98. The lowest BCUT2D eigenvalue weighted by Crippen LogP contribution is -2.49. The van der Waals surface area contributed by atoms with Crippen molar-refractivity contribution in [1.29, 1.82) is 0 Å². The predicted octanol–water partition coefficient (Wildman–Crippen LogP) is 3.60. The first-order valence-electron chi connectivity index (χ1n) is 11.4. The summed E-state index contributed by atoms with van der Waals surface area (Å²) in [5, 5.41) is 2.96. The lowest BCUT2D eigenvalue weighted by Gasteiger charge is -2.27. The normalized spacial score (nSPS) is 16.1. The number of nitrogens with zero attached hydrogens (tertiary/aromatic N) is 1. The number of piperidine rings is 1. The van der Waals surface area contributed by atoms with E-state index in [4.69, 9.17) is 0 Å². The first kappa shape index (κ1) is 24.4. The second-order valence-corrected chi connectivity index (χ2v) is 10.7. The van der Waals surface area contributed by atoms with Crippen molar-refractivity contribution in [3.05, 3.63) is 65.2 Å². The molecule has 0 aliphatic carbocycles. The summed E-state index contributed by atoms with van der Waals surface area (Å²) >= 11 is 0. The molecule has 32 heavy (non-hydrogen) atoms. The average molecular weight is 458 g/mol. The third-order valence-electron chi connectivity index (χ3n) is 5.98.